The molecular formula is C17H24N4O. The van der Waals surface area contributed by atoms with Crippen molar-refractivity contribution in [3.05, 3.63) is 36.3 Å². The maximum absolute atomic E-state index is 10.5. The van der Waals surface area contributed by atoms with Crippen molar-refractivity contribution in [2.24, 2.45) is 7.05 Å². The number of nitrogens with one attached hydrogen (secondary N) is 1. The lowest BCUT2D eigenvalue weighted by atomic mass is 9.85. The Bertz CT molecular complexity index is 602. The molecule has 2 aromatic rings. The van der Waals surface area contributed by atoms with Crippen molar-refractivity contribution in [3.63, 3.8) is 0 Å². The van der Waals surface area contributed by atoms with E-state index >= 15 is 0 Å². The van der Waals surface area contributed by atoms with Crippen molar-refractivity contribution in [1.29, 1.82) is 0 Å². The van der Waals surface area contributed by atoms with Gasteiger partial charge in [0.2, 0.25) is 0 Å². The van der Waals surface area contributed by atoms with Gasteiger partial charge in [0.25, 0.3) is 0 Å². The van der Waals surface area contributed by atoms with E-state index < -0.39 is 5.60 Å². The minimum atomic E-state index is -0.530. The molecule has 0 atom stereocenters. The van der Waals surface area contributed by atoms with E-state index in [9.17, 15) is 5.11 Å². The molecule has 0 bridgehead atoms. The van der Waals surface area contributed by atoms with E-state index in [-0.39, 0.29) is 0 Å². The van der Waals surface area contributed by atoms with Gasteiger partial charge in [0.1, 0.15) is 0 Å². The SMILES string of the molecule is Cn1cc(CNCC2(O)CCCCC2)c(-c2ccncc2)n1. The second-order valence-electron chi connectivity index (χ2n) is 6.30. The van der Waals surface area contributed by atoms with Crippen molar-refractivity contribution >= 4 is 0 Å². The molecule has 1 fully saturated rings. The Balaban J connectivity index is 1.66. The summed E-state index contributed by atoms with van der Waals surface area (Å²) in [5.74, 6) is 0. The van der Waals surface area contributed by atoms with Crippen LogP contribution in [0.4, 0.5) is 0 Å². The molecule has 0 spiro atoms. The Kier molecular flexibility index (Phi) is 4.55. The van der Waals surface area contributed by atoms with E-state index in [0.717, 1.165) is 42.5 Å². The summed E-state index contributed by atoms with van der Waals surface area (Å²) >= 11 is 0. The van der Waals surface area contributed by atoms with Crippen LogP contribution in [0, 0.1) is 0 Å². The fourth-order valence-corrected chi connectivity index (χ4v) is 3.24. The highest BCUT2D eigenvalue weighted by molar-refractivity contribution is 5.61. The zero-order valence-electron chi connectivity index (χ0n) is 13.1. The molecule has 3 rings (SSSR count). The molecule has 118 valence electrons. The summed E-state index contributed by atoms with van der Waals surface area (Å²) in [6, 6.07) is 3.95. The fourth-order valence-electron chi connectivity index (χ4n) is 3.24. The van der Waals surface area contributed by atoms with Gasteiger partial charge in [-0.15, -0.1) is 0 Å². The summed E-state index contributed by atoms with van der Waals surface area (Å²) in [5, 5.41) is 18.5. The topological polar surface area (TPSA) is 63.0 Å². The van der Waals surface area contributed by atoms with Gasteiger partial charge >= 0.3 is 0 Å². The lowest BCUT2D eigenvalue weighted by Gasteiger charge is -2.32. The maximum atomic E-state index is 10.5. The van der Waals surface area contributed by atoms with Crippen LogP contribution in [0.15, 0.2) is 30.7 Å². The van der Waals surface area contributed by atoms with Crippen LogP contribution < -0.4 is 5.32 Å². The summed E-state index contributed by atoms with van der Waals surface area (Å²) in [6.45, 7) is 1.37. The largest absolute Gasteiger partial charge is 0.389 e. The van der Waals surface area contributed by atoms with Gasteiger partial charge in [0.15, 0.2) is 0 Å². The summed E-state index contributed by atoms with van der Waals surface area (Å²) in [4.78, 5) is 4.06. The normalized spacial score (nSPS) is 17.5. The molecule has 0 amide bonds. The van der Waals surface area contributed by atoms with Crippen LogP contribution in [-0.4, -0.2) is 32.0 Å². The quantitative estimate of drug-likeness (QED) is 0.889. The summed E-state index contributed by atoms with van der Waals surface area (Å²) < 4.78 is 1.84. The molecule has 0 radical (unpaired) electrons. The third-order valence-corrected chi connectivity index (χ3v) is 4.41. The number of pyridine rings is 1. The van der Waals surface area contributed by atoms with Crippen LogP contribution in [0.25, 0.3) is 11.3 Å². The molecule has 0 aromatic carbocycles. The zero-order chi connectivity index (χ0) is 15.4. The van der Waals surface area contributed by atoms with Crippen LogP contribution in [0.3, 0.4) is 0 Å². The second-order valence-corrected chi connectivity index (χ2v) is 6.30. The summed E-state index contributed by atoms with van der Waals surface area (Å²) in [5.41, 5.74) is 2.67. The molecule has 1 aliphatic rings. The van der Waals surface area contributed by atoms with Crippen LogP contribution in [0.1, 0.15) is 37.7 Å². The second kappa shape index (κ2) is 6.58. The molecule has 5 nitrogen and oxygen atoms in total. The van der Waals surface area contributed by atoms with E-state index in [0.29, 0.717) is 13.1 Å². The van der Waals surface area contributed by atoms with Gasteiger partial charge in [0.05, 0.1) is 11.3 Å². The molecule has 1 aliphatic carbocycles. The number of aliphatic hydroxyl groups is 1. The maximum Gasteiger partial charge on any atom is 0.0969 e. The first-order valence-corrected chi connectivity index (χ1v) is 8.02. The molecule has 2 N–H and O–H groups in total. The molecule has 5 heteroatoms. The molecule has 2 aromatic heterocycles. The Morgan fingerprint density at radius 1 is 1.23 bits per heavy atom. The van der Waals surface area contributed by atoms with Gasteiger partial charge < -0.3 is 10.4 Å². The summed E-state index contributed by atoms with van der Waals surface area (Å²) in [6.07, 6.45) is 10.9. The van der Waals surface area contributed by atoms with E-state index in [2.05, 4.69) is 15.4 Å². The van der Waals surface area contributed by atoms with Crippen molar-refractivity contribution in [2.45, 2.75) is 44.2 Å². The Morgan fingerprint density at radius 3 is 2.68 bits per heavy atom. The molecule has 1 saturated carbocycles. The van der Waals surface area contributed by atoms with Gasteiger partial charge in [-0.05, 0) is 25.0 Å². The smallest absolute Gasteiger partial charge is 0.0969 e. The number of aryl methyl sites for hydroxylation is 1. The standard InChI is InChI=1S/C17H24N4O/c1-21-12-15(16(20-21)14-5-9-18-10-6-14)11-19-13-17(22)7-3-2-4-8-17/h5-6,9-10,12,19,22H,2-4,7-8,11,13H2,1H3. The summed E-state index contributed by atoms with van der Waals surface area (Å²) in [7, 11) is 1.93. The number of aromatic nitrogens is 3. The molecular weight excluding hydrogens is 276 g/mol. The van der Waals surface area contributed by atoms with Crippen LogP contribution in [0.2, 0.25) is 0 Å². The molecule has 0 unspecified atom stereocenters. The van der Waals surface area contributed by atoms with Gasteiger partial charge in [-0.25, -0.2) is 0 Å². The first-order valence-electron chi connectivity index (χ1n) is 8.02. The van der Waals surface area contributed by atoms with Crippen molar-refractivity contribution in [2.75, 3.05) is 6.54 Å². The van der Waals surface area contributed by atoms with E-state index in [1.165, 1.54) is 6.42 Å². The minimum absolute atomic E-state index is 0.530. The van der Waals surface area contributed by atoms with Crippen molar-refractivity contribution in [3.8, 4) is 11.3 Å². The van der Waals surface area contributed by atoms with Gasteiger partial charge in [0, 0.05) is 49.9 Å². The molecule has 0 aliphatic heterocycles. The lowest BCUT2D eigenvalue weighted by molar-refractivity contribution is 0.00468. The van der Waals surface area contributed by atoms with Gasteiger partial charge in [-0.1, -0.05) is 19.3 Å². The molecule has 2 heterocycles. The average Bonchev–Trinajstić information content (AvgIpc) is 2.90. The fraction of sp³-hybridized carbons (Fsp3) is 0.529. The third-order valence-electron chi connectivity index (χ3n) is 4.41. The van der Waals surface area contributed by atoms with Crippen LogP contribution in [-0.2, 0) is 13.6 Å². The highest BCUT2D eigenvalue weighted by Crippen LogP contribution is 2.27. The number of nitrogens with zero attached hydrogens (tertiary/aromatic N) is 3. The Labute approximate surface area is 131 Å². The van der Waals surface area contributed by atoms with Gasteiger partial charge in [-0.3, -0.25) is 9.67 Å². The van der Waals surface area contributed by atoms with Crippen molar-refractivity contribution < 1.29 is 5.11 Å². The first-order chi connectivity index (χ1) is 10.7. The molecule has 22 heavy (non-hydrogen) atoms. The van der Waals surface area contributed by atoms with E-state index in [4.69, 9.17) is 0 Å². The number of rotatable bonds is 5. The number of hydrogen-bond acceptors (Lipinski definition) is 4. The van der Waals surface area contributed by atoms with E-state index in [1.54, 1.807) is 12.4 Å². The van der Waals surface area contributed by atoms with Crippen LogP contribution >= 0.6 is 0 Å². The Morgan fingerprint density at radius 2 is 1.95 bits per heavy atom. The number of hydrogen-bond donors (Lipinski definition) is 2. The predicted molar refractivity (Wildman–Crippen MR) is 86.2 cm³/mol. The first kappa shape index (κ1) is 15.2. The minimum Gasteiger partial charge on any atom is -0.389 e. The Hall–Kier alpha value is -1.72. The monoisotopic (exact) mass is 300 g/mol. The average molecular weight is 300 g/mol. The van der Waals surface area contributed by atoms with Gasteiger partial charge in [-0.2, -0.15) is 5.10 Å². The molecule has 0 saturated heterocycles. The highest BCUT2D eigenvalue weighted by atomic mass is 16.3. The third kappa shape index (κ3) is 3.54. The zero-order valence-corrected chi connectivity index (χ0v) is 13.1. The highest BCUT2D eigenvalue weighted by Gasteiger charge is 2.28. The lowest BCUT2D eigenvalue weighted by Crippen LogP contribution is -2.41. The predicted octanol–water partition coefficient (Wildman–Crippen LogP) is 2.27. The van der Waals surface area contributed by atoms with Crippen molar-refractivity contribution in [1.82, 2.24) is 20.1 Å². The van der Waals surface area contributed by atoms with Crippen LogP contribution in [0.5, 0.6) is 0 Å². The van der Waals surface area contributed by atoms with E-state index in [1.807, 2.05) is 30.1 Å².